The van der Waals surface area contributed by atoms with Gasteiger partial charge in [0.05, 0.1) is 5.69 Å². The number of nitrogens with two attached hydrogens (primary N) is 1. The van der Waals surface area contributed by atoms with Crippen LogP contribution < -0.4 is 16.6 Å². The third-order valence-electron chi connectivity index (χ3n) is 3.02. The third kappa shape index (κ3) is 2.81. The van der Waals surface area contributed by atoms with Gasteiger partial charge in [-0.3, -0.25) is 0 Å². The van der Waals surface area contributed by atoms with E-state index in [2.05, 4.69) is 20.7 Å². The Hall–Kier alpha value is -1.92. The van der Waals surface area contributed by atoms with E-state index in [1.54, 1.807) is 6.07 Å². The molecule has 20 heavy (non-hydrogen) atoms. The van der Waals surface area contributed by atoms with E-state index in [0.717, 1.165) is 12.8 Å². The summed E-state index contributed by atoms with van der Waals surface area (Å²) in [5.74, 6) is 7.05. The van der Waals surface area contributed by atoms with Gasteiger partial charge in [0.1, 0.15) is 23.3 Å². The summed E-state index contributed by atoms with van der Waals surface area (Å²) in [4.78, 5) is 8.67. The molecule has 0 amide bonds. The number of hydrogen-bond donors (Lipinski definition) is 3. The van der Waals surface area contributed by atoms with Crippen molar-refractivity contribution in [3.8, 4) is 0 Å². The van der Waals surface area contributed by atoms with Gasteiger partial charge in [0.2, 0.25) is 0 Å². The van der Waals surface area contributed by atoms with Crippen LogP contribution in [0.15, 0.2) is 24.3 Å². The maximum atomic E-state index is 13.7. The van der Waals surface area contributed by atoms with Crippen LogP contribution in [-0.2, 0) is 0 Å². The van der Waals surface area contributed by atoms with Gasteiger partial charge in [-0.1, -0.05) is 11.6 Å². The molecule has 0 bridgehead atoms. The molecule has 0 atom stereocenters. The van der Waals surface area contributed by atoms with Gasteiger partial charge in [-0.15, -0.1) is 0 Å². The summed E-state index contributed by atoms with van der Waals surface area (Å²) >= 11 is 5.86. The zero-order chi connectivity index (χ0) is 14.1. The molecular formula is C13H13ClFN5. The van der Waals surface area contributed by atoms with Crippen LogP contribution in [0.3, 0.4) is 0 Å². The van der Waals surface area contributed by atoms with E-state index < -0.39 is 5.82 Å². The number of halogens is 2. The lowest BCUT2D eigenvalue weighted by Crippen LogP contribution is -2.11. The zero-order valence-electron chi connectivity index (χ0n) is 10.5. The third-order valence-corrected chi connectivity index (χ3v) is 3.26. The summed E-state index contributed by atoms with van der Waals surface area (Å²) in [5, 5.41) is 3.35. The van der Waals surface area contributed by atoms with Crippen LogP contribution in [0.2, 0.25) is 5.02 Å². The number of hydrogen-bond acceptors (Lipinski definition) is 5. The molecule has 2 aromatic rings. The monoisotopic (exact) mass is 293 g/mol. The normalized spacial score (nSPS) is 14.2. The molecule has 4 N–H and O–H groups in total. The predicted octanol–water partition coefficient (Wildman–Crippen LogP) is 3.18. The standard InChI is InChI=1S/C13H13ClFN5/c14-8-3-4-9(15)10(5-8)17-11-6-12(20-16)19-13(18-11)7-1-2-7/h3-7H,1-2,16H2,(H2,17,18,19,20). The minimum atomic E-state index is -0.400. The van der Waals surface area contributed by atoms with E-state index in [1.807, 2.05) is 0 Å². The number of nitrogen functional groups attached to an aromatic ring is 1. The predicted molar refractivity (Wildman–Crippen MR) is 76.5 cm³/mol. The van der Waals surface area contributed by atoms with Crippen LogP contribution in [0.5, 0.6) is 0 Å². The zero-order valence-corrected chi connectivity index (χ0v) is 11.3. The molecule has 1 saturated carbocycles. The van der Waals surface area contributed by atoms with Gasteiger partial charge in [0.15, 0.2) is 0 Å². The molecule has 3 rings (SSSR count). The number of anilines is 3. The van der Waals surface area contributed by atoms with Gasteiger partial charge < -0.3 is 10.7 Å². The maximum Gasteiger partial charge on any atom is 0.146 e. The molecule has 1 aliphatic rings. The molecular weight excluding hydrogens is 281 g/mol. The number of aromatic nitrogens is 2. The molecule has 0 radical (unpaired) electrons. The Bertz CT molecular complexity index is 645. The van der Waals surface area contributed by atoms with Gasteiger partial charge in [-0.2, -0.15) is 0 Å². The molecule has 0 saturated heterocycles. The first-order valence-electron chi connectivity index (χ1n) is 6.23. The van der Waals surface area contributed by atoms with Crippen molar-refractivity contribution in [1.82, 2.24) is 9.97 Å². The Morgan fingerprint density at radius 2 is 1.95 bits per heavy atom. The lowest BCUT2D eigenvalue weighted by molar-refractivity contribution is 0.632. The Labute approximate surface area is 120 Å². The van der Waals surface area contributed by atoms with Crippen LogP contribution >= 0.6 is 11.6 Å². The highest BCUT2D eigenvalue weighted by molar-refractivity contribution is 6.30. The number of benzene rings is 1. The largest absolute Gasteiger partial charge is 0.338 e. The van der Waals surface area contributed by atoms with Gasteiger partial charge in [-0.05, 0) is 31.0 Å². The average Bonchev–Trinajstić information content (AvgIpc) is 3.27. The first-order valence-corrected chi connectivity index (χ1v) is 6.61. The number of rotatable bonds is 4. The number of nitrogens with one attached hydrogen (secondary N) is 2. The average molecular weight is 294 g/mol. The van der Waals surface area contributed by atoms with Crippen molar-refractivity contribution in [2.75, 3.05) is 10.7 Å². The number of nitrogens with zero attached hydrogens (tertiary/aromatic N) is 2. The lowest BCUT2D eigenvalue weighted by Gasteiger charge is -2.10. The van der Waals surface area contributed by atoms with E-state index in [-0.39, 0.29) is 5.69 Å². The number of hydrazine groups is 1. The van der Waals surface area contributed by atoms with Gasteiger partial charge in [0, 0.05) is 17.0 Å². The molecule has 0 unspecified atom stereocenters. The van der Waals surface area contributed by atoms with Gasteiger partial charge in [-0.25, -0.2) is 20.2 Å². The fourth-order valence-corrected chi connectivity index (χ4v) is 2.03. The second-order valence-electron chi connectivity index (χ2n) is 4.66. The topological polar surface area (TPSA) is 75.9 Å². The second kappa shape index (κ2) is 5.22. The first kappa shape index (κ1) is 13.1. The Morgan fingerprint density at radius 1 is 1.20 bits per heavy atom. The van der Waals surface area contributed by atoms with E-state index in [0.29, 0.717) is 28.4 Å². The summed E-state index contributed by atoms with van der Waals surface area (Å²) in [5.41, 5.74) is 2.76. The highest BCUT2D eigenvalue weighted by Gasteiger charge is 2.27. The summed E-state index contributed by atoms with van der Waals surface area (Å²) < 4.78 is 13.7. The molecule has 0 aliphatic heterocycles. The molecule has 1 heterocycles. The Balaban J connectivity index is 1.93. The summed E-state index contributed by atoms with van der Waals surface area (Å²) in [7, 11) is 0. The van der Waals surface area contributed by atoms with Gasteiger partial charge in [0.25, 0.3) is 0 Å². The van der Waals surface area contributed by atoms with Crippen molar-refractivity contribution < 1.29 is 4.39 Å². The van der Waals surface area contributed by atoms with E-state index in [4.69, 9.17) is 17.4 Å². The summed E-state index contributed by atoms with van der Waals surface area (Å²) in [6.45, 7) is 0. The van der Waals surface area contributed by atoms with Crippen molar-refractivity contribution in [2.45, 2.75) is 18.8 Å². The van der Waals surface area contributed by atoms with Crippen molar-refractivity contribution in [2.24, 2.45) is 5.84 Å². The van der Waals surface area contributed by atoms with Gasteiger partial charge >= 0.3 is 0 Å². The Kier molecular flexibility index (Phi) is 3.42. The minimum Gasteiger partial charge on any atom is -0.338 e. The lowest BCUT2D eigenvalue weighted by atomic mass is 10.3. The Morgan fingerprint density at radius 3 is 2.65 bits per heavy atom. The first-order chi connectivity index (χ1) is 9.65. The van der Waals surface area contributed by atoms with Crippen molar-refractivity contribution in [3.63, 3.8) is 0 Å². The summed E-state index contributed by atoms with van der Waals surface area (Å²) in [6.07, 6.45) is 2.14. The van der Waals surface area contributed by atoms with Crippen molar-refractivity contribution >= 4 is 28.9 Å². The van der Waals surface area contributed by atoms with E-state index in [1.165, 1.54) is 18.2 Å². The van der Waals surface area contributed by atoms with E-state index in [9.17, 15) is 4.39 Å². The SMILES string of the molecule is NNc1cc(Nc2cc(Cl)ccc2F)nc(C2CC2)n1. The smallest absolute Gasteiger partial charge is 0.146 e. The highest BCUT2D eigenvalue weighted by atomic mass is 35.5. The van der Waals surface area contributed by atoms with E-state index >= 15 is 0 Å². The van der Waals surface area contributed by atoms with Crippen LogP contribution in [-0.4, -0.2) is 9.97 Å². The maximum absolute atomic E-state index is 13.7. The molecule has 104 valence electrons. The molecule has 1 fully saturated rings. The van der Waals surface area contributed by atoms with Crippen LogP contribution in [0.1, 0.15) is 24.6 Å². The fourth-order valence-electron chi connectivity index (χ4n) is 1.86. The van der Waals surface area contributed by atoms with Crippen LogP contribution in [0, 0.1) is 5.82 Å². The van der Waals surface area contributed by atoms with Crippen LogP contribution in [0.25, 0.3) is 0 Å². The van der Waals surface area contributed by atoms with Crippen LogP contribution in [0.4, 0.5) is 21.7 Å². The quantitative estimate of drug-likeness (QED) is 0.596. The molecule has 1 aromatic carbocycles. The second-order valence-corrected chi connectivity index (χ2v) is 5.10. The minimum absolute atomic E-state index is 0.265. The molecule has 0 spiro atoms. The molecule has 5 nitrogen and oxygen atoms in total. The molecule has 1 aromatic heterocycles. The highest BCUT2D eigenvalue weighted by Crippen LogP contribution is 2.39. The fraction of sp³-hybridized carbons (Fsp3) is 0.231. The van der Waals surface area contributed by atoms with Crippen molar-refractivity contribution in [3.05, 3.63) is 40.9 Å². The van der Waals surface area contributed by atoms with Crippen molar-refractivity contribution in [1.29, 1.82) is 0 Å². The molecule has 7 heteroatoms. The summed E-state index contributed by atoms with van der Waals surface area (Å²) in [6, 6.07) is 5.91. The molecule has 1 aliphatic carbocycles.